The molecule has 0 saturated carbocycles. The number of aromatic nitrogens is 2. The minimum absolute atomic E-state index is 0.0854. The maximum Gasteiger partial charge on any atom is 0.251 e. The van der Waals surface area contributed by atoms with E-state index in [2.05, 4.69) is 32.5 Å². The van der Waals surface area contributed by atoms with Crippen molar-refractivity contribution in [1.29, 1.82) is 0 Å². The minimum atomic E-state index is -0.0854. The van der Waals surface area contributed by atoms with Gasteiger partial charge >= 0.3 is 0 Å². The van der Waals surface area contributed by atoms with Gasteiger partial charge in [-0.05, 0) is 49.7 Å². The molecule has 0 radical (unpaired) electrons. The van der Waals surface area contributed by atoms with Gasteiger partial charge in [-0.2, -0.15) is 0 Å². The molecule has 2 aromatic heterocycles. The molecule has 1 N–H and O–H groups in total. The lowest BCUT2D eigenvalue weighted by Crippen LogP contribution is -2.41. The quantitative estimate of drug-likeness (QED) is 0.537. The molecule has 1 fully saturated rings. The van der Waals surface area contributed by atoms with E-state index in [4.69, 9.17) is 4.74 Å². The molecule has 8 heteroatoms. The highest BCUT2D eigenvalue weighted by Crippen LogP contribution is 2.24. The van der Waals surface area contributed by atoms with Crippen LogP contribution in [0.3, 0.4) is 0 Å². The molecule has 4 rings (SSSR count). The Kier molecular flexibility index (Phi) is 7.21. The summed E-state index contributed by atoms with van der Waals surface area (Å²) in [4.78, 5) is 24.9. The number of carbonyl (C=O) groups excluding carboxylic acids is 1. The van der Waals surface area contributed by atoms with Crippen LogP contribution in [0, 0.1) is 6.92 Å². The zero-order valence-corrected chi connectivity index (χ0v) is 19.3. The SMILES string of the molecule is Cc1nc(CSc2ccc(C(=O)NCc3ccc(N4CCOC(C)C4)nc3)cc2)cs1. The molecule has 1 amide bonds. The molecule has 1 aliphatic rings. The van der Waals surface area contributed by atoms with E-state index in [0.29, 0.717) is 12.1 Å². The number of rotatable bonds is 7. The van der Waals surface area contributed by atoms with E-state index in [1.165, 1.54) is 0 Å². The number of carbonyl (C=O) groups is 1. The lowest BCUT2D eigenvalue weighted by atomic mass is 10.2. The molecule has 6 nitrogen and oxygen atoms in total. The third kappa shape index (κ3) is 6.06. The summed E-state index contributed by atoms with van der Waals surface area (Å²) < 4.78 is 5.58. The van der Waals surface area contributed by atoms with Gasteiger partial charge in [0.15, 0.2) is 0 Å². The van der Waals surface area contributed by atoms with Crippen molar-refractivity contribution in [2.75, 3.05) is 24.6 Å². The Bertz CT molecular complexity index is 1010. The zero-order valence-electron chi connectivity index (χ0n) is 17.7. The number of benzene rings is 1. The van der Waals surface area contributed by atoms with Crippen LogP contribution in [-0.2, 0) is 17.0 Å². The van der Waals surface area contributed by atoms with Crippen LogP contribution in [0.25, 0.3) is 0 Å². The van der Waals surface area contributed by atoms with Crippen molar-refractivity contribution >= 4 is 34.8 Å². The van der Waals surface area contributed by atoms with Crippen molar-refractivity contribution in [3.05, 3.63) is 69.8 Å². The van der Waals surface area contributed by atoms with Gasteiger partial charge in [-0.15, -0.1) is 23.1 Å². The molecule has 0 bridgehead atoms. The smallest absolute Gasteiger partial charge is 0.251 e. The van der Waals surface area contributed by atoms with Gasteiger partial charge in [0.05, 0.1) is 23.4 Å². The van der Waals surface area contributed by atoms with Crippen molar-refractivity contribution in [3.8, 4) is 0 Å². The Labute approximate surface area is 191 Å². The number of thioether (sulfide) groups is 1. The summed E-state index contributed by atoms with van der Waals surface area (Å²) in [5.41, 5.74) is 2.72. The Morgan fingerprint density at radius 2 is 2.13 bits per heavy atom. The summed E-state index contributed by atoms with van der Waals surface area (Å²) in [5.74, 6) is 1.70. The van der Waals surface area contributed by atoms with Crippen LogP contribution in [0.15, 0.2) is 52.9 Å². The first kappa shape index (κ1) is 21.8. The first-order chi connectivity index (χ1) is 15.1. The van der Waals surface area contributed by atoms with Crippen LogP contribution < -0.4 is 10.2 Å². The van der Waals surface area contributed by atoms with Crippen LogP contribution in [0.4, 0.5) is 5.82 Å². The third-order valence-corrected chi connectivity index (χ3v) is 6.86. The van der Waals surface area contributed by atoms with Gasteiger partial charge in [0, 0.05) is 47.4 Å². The number of morpholine rings is 1. The summed E-state index contributed by atoms with van der Waals surface area (Å²) in [7, 11) is 0. The number of anilines is 1. The summed E-state index contributed by atoms with van der Waals surface area (Å²) in [5, 5.41) is 6.15. The second-order valence-corrected chi connectivity index (χ2v) is 9.62. The molecular weight excluding hydrogens is 428 g/mol. The Hall–Kier alpha value is -2.42. The summed E-state index contributed by atoms with van der Waals surface area (Å²) in [6.07, 6.45) is 2.05. The molecule has 3 heterocycles. The van der Waals surface area contributed by atoms with Crippen molar-refractivity contribution in [3.63, 3.8) is 0 Å². The van der Waals surface area contributed by atoms with Gasteiger partial charge in [0.25, 0.3) is 5.91 Å². The average Bonchev–Trinajstić information content (AvgIpc) is 3.22. The van der Waals surface area contributed by atoms with Crippen molar-refractivity contribution in [2.24, 2.45) is 0 Å². The third-order valence-electron chi connectivity index (χ3n) is 5.00. The lowest BCUT2D eigenvalue weighted by molar-refractivity contribution is 0.0529. The number of pyridine rings is 1. The molecule has 3 aromatic rings. The highest BCUT2D eigenvalue weighted by atomic mass is 32.2. The Morgan fingerprint density at radius 1 is 1.29 bits per heavy atom. The molecule has 31 heavy (non-hydrogen) atoms. The predicted octanol–water partition coefficient (Wildman–Crippen LogP) is 4.29. The van der Waals surface area contributed by atoms with Gasteiger partial charge in [-0.25, -0.2) is 9.97 Å². The van der Waals surface area contributed by atoms with E-state index < -0.39 is 0 Å². The van der Waals surface area contributed by atoms with Crippen LogP contribution in [0.5, 0.6) is 0 Å². The van der Waals surface area contributed by atoms with Crippen LogP contribution in [0.1, 0.15) is 33.5 Å². The molecule has 1 atom stereocenters. The number of nitrogens with one attached hydrogen (secondary N) is 1. The highest BCUT2D eigenvalue weighted by molar-refractivity contribution is 7.98. The van der Waals surface area contributed by atoms with Gasteiger partial charge in [0.2, 0.25) is 0 Å². The molecule has 1 aliphatic heterocycles. The van der Waals surface area contributed by atoms with Gasteiger partial charge in [-0.1, -0.05) is 6.07 Å². The average molecular weight is 455 g/mol. The standard InChI is InChI=1S/C23H26N4O2S2/c1-16-13-27(9-10-29-16)22-8-3-18(11-24-22)12-25-23(28)19-4-6-21(7-5-19)31-15-20-14-30-17(2)26-20/h3-8,11,14,16H,9-10,12-13,15H2,1-2H3,(H,25,28). The number of nitrogens with zero attached hydrogens (tertiary/aromatic N) is 3. The fraction of sp³-hybridized carbons (Fsp3) is 0.348. The van der Waals surface area contributed by atoms with E-state index in [1.807, 2.05) is 49.5 Å². The van der Waals surface area contributed by atoms with E-state index >= 15 is 0 Å². The summed E-state index contributed by atoms with van der Waals surface area (Å²) >= 11 is 3.39. The molecular formula is C23H26N4O2S2. The largest absolute Gasteiger partial charge is 0.375 e. The fourth-order valence-electron chi connectivity index (χ4n) is 3.35. The van der Waals surface area contributed by atoms with E-state index in [0.717, 1.165) is 52.4 Å². The van der Waals surface area contributed by atoms with E-state index in [1.54, 1.807) is 23.1 Å². The van der Waals surface area contributed by atoms with Crippen molar-refractivity contribution in [1.82, 2.24) is 15.3 Å². The van der Waals surface area contributed by atoms with Crippen LogP contribution in [0.2, 0.25) is 0 Å². The van der Waals surface area contributed by atoms with E-state index in [-0.39, 0.29) is 12.0 Å². The zero-order chi connectivity index (χ0) is 21.6. The number of amides is 1. The number of aryl methyl sites for hydroxylation is 1. The van der Waals surface area contributed by atoms with Gasteiger partial charge in [-0.3, -0.25) is 4.79 Å². The van der Waals surface area contributed by atoms with E-state index in [9.17, 15) is 4.79 Å². The number of ether oxygens (including phenoxy) is 1. The highest BCUT2D eigenvalue weighted by Gasteiger charge is 2.17. The van der Waals surface area contributed by atoms with Gasteiger partial charge < -0.3 is 15.0 Å². The topological polar surface area (TPSA) is 67.4 Å². The Morgan fingerprint density at radius 3 is 2.81 bits per heavy atom. The number of hydrogen-bond acceptors (Lipinski definition) is 7. The molecule has 162 valence electrons. The molecule has 1 saturated heterocycles. The van der Waals surface area contributed by atoms with Gasteiger partial charge in [0.1, 0.15) is 5.82 Å². The first-order valence-electron chi connectivity index (χ1n) is 10.3. The minimum Gasteiger partial charge on any atom is -0.375 e. The molecule has 1 aromatic carbocycles. The molecule has 0 spiro atoms. The number of thiazole rings is 1. The normalized spacial score (nSPS) is 16.3. The lowest BCUT2D eigenvalue weighted by Gasteiger charge is -2.32. The second kappa shape index (κ2) is 10.3. The predicted molar refractivity (Wildman–Crippen MR) is 126 cm³/mol. The number of hydrogen-bond donors (Lipinski definition) is 1. The fourth-order valence-corrected chi connectivity index (χ4v) is 4.86. The van der Waals surface area contributed by atoms with Crippen molar-refractivity contribution < 1.29 is 9.53 Å². The molecule has 0 aliphatic carbocycles. The Balaban J connectivity index is 1.26. The van der Waals surface area contributed by atoms with Crippen molar-refractivity contribution in [2.45, 2.75) is 37.1 Å². The second-order valence-electron chi connectivity index (χ2n) is 7.51. The first-order valence-corrected chi connectivity index (χ1v) is 12.2. The maximum absolute atomic E-state index is 12.5. The van der Waals surface area contributed by atoms with Crippen LogP contribution >= 0.6 is 23.1 Å². The van der Waals surface area contributed by atoms with Crippen LogP contribution in [-0.4, -0.2) is 41.7 Å². The maximum atomic E-state index is 12.5. The monoisotopic (exact) mass is 454 g/mol. The summed E-state index contributed by atoms with van der Waals surface area (Å²) in [6.45, 7) is 6.96. The molecule has 1 unspecified atom stereocenters. The summed E-state index contributed by atoms with van der Waals surface area (Å²) in [6, 6.07) is 11.7.